The van der Waals surface area contributed by atoms with Gasteiger partial charge in [0.2, 0.25) is 0 Å². The van der Waals surface area contributed by atoms with E-state index < -0.39 is 58.4 Å². The molecule has 12 nitrogen and oxygen atoms in total. The summed E-state index contributed by atoms with van der Waals surface area (Å²) < 4.78 is 17.8. The van der Waals surface area contributed by atoms with E-state index in [1.54, 1.807) is 0 Å². The van der Waals surface area contributed by atoms with Crippen molar-refractivity contribution in [3.63, 3.8) is 0 Å². The number of phenols is 7. The molecule has 0 bridgehead atoms. The first-order valence-corrected chi connectivity index (χ1v) is 12.7. The number of aliphatic hydroxyl groups excluding tert-OH is 1. The summed E-state index contributed by atoms with van der Waals surface area (Å²) in [6.07, 6.45) is -3.70. The van der Waals surface area contributed by atoms with Crippen molar-refractivity contribution < 1.29 is 59.9 Å². The summed E-state index contributed by atoms with van der Waals surface area (Å²) in [4.78, 5) is 14.0. The largest absolute Gasteiger partial charge is 0.508 e. The SMILES string of the molecule is O=C1Oc2c3c(cc(O)c2[C@]12c1c(O)cc(O)cc1O[C@H]2c1ccc(O)c(O)c1)O[C@H](c1ccc(O)c(O)c1)[C@@H](O)C3. The minimum atomic E-state index is -2.05. The molecular weight excluding hydrogens is 552 g/mol. The number of phenolic OH excluding ortho intramolecular Hbond substituents is 7. The fourth-order valence-corrected chi connectivity index (χ4v) is 6.18. The van der Waals surface area contributed by atoms with E-state index in [2.05, 4.69) is 0 Å². The average molecular weight is 574 g/mol. The van der Waals surface area contributed by atoms with Gasteiger partial charge in [0, 0.05) is 30.2 Å². The molecule has 0 fully saturated rings. The molecule has 0 saturated heterocycles. The van der Waals surface area contributed by atoms with Crippen LogP contribution in [0.3, 0.4) is 0 Å². The van der Waals surface area contributed by atoms with Crippen molar-refractivity contribution in [1.29, 1.82) is 0 Å². The predicted molar refractivity (Wildman–Crippen MR) is 140 cm³/mol. The average Bonchev–Trinajstić information content (AvgIpc) is 3.43. The van der Waals surface area contributed by atoms with Crippen LogP contribution in [0.25, 0.3) is 0 Å². The van der Waals surface area contributed by atoms with Gasteiger partial charge in [-0.05, 0) is 35.4 Å². The van der Waals surface area contributed by atoms with Crippen LogP contribution < -0.4 is 14.2 Å². The lowest BCUT2D eigenvalue weighted by atomic mass is 9.69. The van der Waals surface area contributed by atoms with Crippen molar-refractivity contribution in [2.24, 2.45) is 0 Å². The molecule has 3 aliphatic rings. The van der Waals surface area contributed by atoms with Gasteiger partial charge < -0.3 is 55.1 Å². The van der Waals surface area contributed by atoms with Crippen LogP contribution in [0, 0.1) is 0 Å². The van der Waals surface area contributed by atoms with Crippen LogP contribution in [0.2, 0.25) is 0 Å². The number of esters is 1. The van der Waals surface area contributed by atoms with Crippen LogP contribution in [-0.4, -0.2) is 52.9 Å². The van der Waals surface area contributed by atoms with Crippen LogP contribution in [0.5, 0.6) is 57.5 Å². The quantitative estimate of drug-likeness (QED) is 0.0988. The number of aromatic hydroxyl groups is 7. The molecule has 214 valence electrons. The van der Waals surface area contributed by atoms with E-state index in [-0.39, 0.29) is 57.4 Å². The second-order valence-corrected chi connectivity index (χ2v) is 10.4. The topological polar surface area (TPSA) is 207 Å². The van der Waals surface area contributed by atoms with Gasteiger partial charge in [0.15, 0.2) is 28.4 Å². The third-order valence-electron chi connectivity index (χ3n) is 7.98. The number of benzene rings is 4. The van der Waals surface area contributed by atoms with Crippen molar-refractivity contribution in [1.82, 2.24) is 0 Å². The fourth-order valence-electron chi connectivity index (χ4n) is 6.18. The summed E-state index contributed by atoms with van der Waals surface area (Å²) in [7, 11) is 0. The monoisotopic (exact) mass is 574 g/mol. The van der Waals surface area contributed by atoms with E-state index in [1.807, 2.05) is 0 Å². The maximum atomic E-state index is 14.0. The van der Waals surface area contributed by atoms with Crippen LogP contribution in [0.4, 0.5) is 0 Å². The third-order valence-corrected chi connectivity index (χ3v) is 7.98. The minimum absolute atomic E-state index is 0.0758. The van der Waals surface area contributed by atoms with Gasteiger partial charge >= 0.3 is 5.97 Å². The van der Waals surface area contributed by atoms with Gasteiger partial charge in [0.1, 0.15) is 46.7 Å². The first-order valence-electron chi connectivity index (χ1n) is 12.7. The molecule has 3 aliphatic heterocycles. The molecule has 0 aliphatic carbocycles. The zero-order valence-corrected chi connectivity index (χ0v) is 21.3. The highest BCUT2D eigenvalue weighted by Gasteiger charge is 2.66. The van der Waals surface area contributed by atoms with Crippen molar-refractivity contribution in [3.05, 3.63) is 82.4 Å². The Kier molecular flexibility index (Phi) is 5.16. The van der Waals surface area contributed by atoms with E-state index in [1.165, 1.54) is 42.5 Å². The normalized spacial score (nSPS) is 23.5. The summed E-state index contributed by atoms with van der Waals surface area (Å²) in [5, 5.41) is 83.4. The summed E-state index contributed by atoms with van der Waals surface area (Å²) in [5.41, 5.74) is -1.50. The van der Waals surface area contributed by atoms with Gasteiger partial charge in [-0.2, -0.15) is 0 Å². The van der Waals surface area contributed by atoms with E-state index in [9.17, 15) is 45.6 Å². The summed E-state index contributed by atoms with van der Waals surface area (Å²) in [6, 6.07) is 11.1. The lowest BCUT2D eigenvalue weighted by molar-refractivity contribution is -0.139. The van der Waals surface area contributed by atoms with E-state index >= 15 is 0 Å². The second-order valence-electron chi connectivity index (χ2n) is 10.4. The van der Waals surface area contributed by atoms with Crippen LogP contribution >= 0.6 is 0 Å². The van der Waals surface area contributed by atoms with E-state index in [4.69, 9.17) is 14.2 Å². The molecule has 0 radical (unpaired) electrons. The van der Waals surface area contributed by atoms with Gasteiger partial charge in [-0.3, -0.25) is 4.79 Å². The Hall–Kier alpha value is -5.49. The zero-order chi connectivity index (χ0) is 29.7. The zero-order valence-electron chi connectivity index (χ0n) is 21.3. The molecule has 42 heavy (non-hydrogen) atoms. The maximum absolute atomic E-state index is 14.0. The molecule has 4 aromatic carbocycles. The maximum Gasteiger partial charge on any atom is 0.331 e. The first-order chi connectivity index (χ1) is 20.0. The summed E-state index contributed by atoms with van der Waals surface area (Å²) >= 11 is 0. The number of aliphatic hydroxyl groups is 1. The van der Waals surface area contributed by atoms with Crippen molar-refractivity contribution in [3.8, 4) is 57.5 Å². The van der Waals surface area contributed by atoms with Gasteiger partial charge in [-0.25, -0.2) is 0 Å². The molecule has 4 atom stereocenters. The van der Waals surface area contributed by atoms with Crippen LogP contribution in [0.15, 0.2) is 54.6 Å². The number of fused-ring (bicyclic) bond motifs is 6. The third kappa shape index (κ3) is 3.29. The Labute approximate surface area is 236 Å². The number of hydrogen-bond acceptors (Lipinski definition) is 12. The Morgan fingerprint density at radius 3 is 2.00 bits per heavy atom. The molecule has 0 amide bonds. The lowest BCUT2D eigenvalue weighted by Gasteiger charge is -2.32. The number of rotatable bonds is 2. The lowest BCUT2D eigenvalue weighted by Crippen LogP contribution is -2.39. The van der Waals surface area contributed by atoms with Gasteiger partial charge in [-0.15, -0.1) is 0 Å². The van der Waals surface area contributed by atoms with E-state index in [0.717, 1.165) is 12.1 Å². The molecule has 12 heteroatoms. The Bertz CT molecular complexity index is 1830. The smallest absolute Gasteiger partial charge is 0.331 e. The second kappa shape index (κ2) is 8.51. The highest BCUT2D eigenvalue weighted by molar-refractivity contribution is 6.00. The number of carbonyl (C=O) groups is 1. The predicted octanol–water partition coefficient (Wildman–Crippen LogP) is 3.00. The Balaban J connectivity index is 1.43. The Morgan fingerprint density at radius 1 is 0.667 bits per heavy atom. The van der Waals surface area contributed by atoms with E-state index in [0.29, 0.717) is 5.56 Å². The molecular formula is C30H22O12. The molecule has 3 heterocycles. The molecule has 0 saturated carbocycles. The molecule has 0 aromatic heterocycles. The molecule has 8 N–H and O–H groups in total. The summed E-state index contributed by atoms with van der Waals surface area (Å²) in [5.74, 6) is -4.19. The highest BCUT2D eigenvalue weighted by Crippen LogP contribution is 2.66. The molecule has 4 aromatic rings. The molecule has 0 unspecified atom stereocenters. The summed E-state index contributed by atoms with van der Waals surface area (Å²) in [6.45, 7) is 0. The fraction of sp³-hybridized carbons (Fsp3) is 0.167. The number of carbonyl (C=O) groups excluding carboxylic acids is 1. The van der Waals surface area contributed by atoms with Crippen molar-refractivity contribution in [2.45, 2.75) is 30.1 Å². The van der Waals surface area contributed by atoms with Gasteiger partial charge in [-0.1, -0.05) is 12.1 Å². The Morgan fingerprint density at radius 2 is 1.31 bits per heavy atom. The van der Waals surface area contributed by atoms with Gasteiger partial charge in [0.25, 0.3) is 0 Å². The van der Waals surface area contributed by atoms with Crippen LogP contribution in [0.1, 0.15) is 40.0 Å². The van der Waals surface area contributed by atoms with Crippen molar-refractivity contribution in [2.75, 3.05) is 0 Å². The molecule has 7 rings (SSSR count). The number of hydrogen-bond donors (Lipinski definition) is 8. The first kappa shape index (κ1) is 25.5. The van der Waals surface area contributed by atoms with Crippen molar-refractivity contribution >= 4 is 5.97 Å². The minimum Gasteiger partial charge on any atom is -0.508 e. The van der Waals surface area contributed by atoms with Gasteiger partial charge in [0.05, 0.1) is 17.2 Å². The molecule has 1 spiro atoms. The van der Waals surface area contributed by atoms with Crippen LogP contribution in [-0.2, 0) is 16.6 Å². The number of ether oxygens (including phenoxy) is 3. The highest BCUT2D eigenvalue weighted by atomic mass is 16.6. The standard InChI is InChI=1S/C30H22O12/c31-13-7-19(36)24-23(8-13)41-28(12-2-4-16(33)18(35)6-12)30(24)25-20(37)10-22-14(27(25)42-29(30)39)9-21(38)26(40-22)11-1-3-15(32)17(34)5-11/h1-8,10,21,26,28,31-38H,9H2/t21-,26+,28-,30-/m0/s1.